The SMILES string of the molecule is Nc1ccccc1N1C(c2ccccc2)=CC(c2ccc(Cl)c(Cl)c2)C=C1c1ccccc1. The lowest BCUT2D eigenvalue weighted by atomic mass is 9.89. The van der Waals surface area contributed by atoms with E-state index >= 15 is 0 Å². The van der Waals surface area contributed by atoms with Gasteiger partial charge < -0.3 is 10.6 Å². The Labute approximate surface area is 204 Å². The molecule has 4 aromatic carbocycles. The maximum Gasteiger partial charge on any atom is 0.0691 e. The Morgan fingerprint density at radius 3 is 1.70 bits per heavy atom. The summed E-state index contributed by atoms with van der Waals surface area (Å²) in [4.78, 5) is 2.24. The zero-order chi connectivity index (χ0) is 22.8. The fraction of sp³-hybridized carbons (Fsp3) is 0.0345. The minimum absolute atomic E-state index is 0.00589. The Hall–Kier alpha value is -3.46. The summed E-state index contributed by atoms with van der Waals surface area (Å²) in [6, 6.07) is 34.6. The quantitative estimate of drug-likeness (QED) is 0.305. The van der Waals surface area contributed by atoms with E-state index in [-0.39, 0.29) is 5.92 Å². The van der Waals surface area contributed by atoms with Crippen LogP contribution in [0.4, 0.5) is 11.4 Å². The monoisotopic (exact) mass is 468 g/mol. The molecule has 1 aliphatic rings. The van der Waals surface area contributed by atoms with Gasteiger partial charge in [0, 0.05) is 5.92 Å². The number of nitrogens with zero attached hydrogens (tertiary/aromatic N) is 1. The molecule has 0 aromatic heterocycles. The molecular formula is C29H22Cl2N2. The molecule has 0 spiro atoms. The van der Waals surface area contributed by atoms with Gasteiger partial charge in [0.1, 0.15) is 0 Å². The molecule has 0 bridgehead atoms. The highest BCUT2D eigenvalue weighted by atomic mass is 35.5. The number of anilines is 2. The zero-order valence-corrected chi connectivity index (χ0v) is 19.3. The van der Waals surface area contributed by atoms with Crippen LogP contribution in [-0.2, 0) is 0 Å². The van der Waals surface area contributed by atoms with E-state index in [0.717, 1.165) is 33.8 Å². The number of nitrogens with two attached hydrogens (primary N) is 1. The molecule has 0 aliphatic carbocycles. The molecule has 0 amide bonds. The number of benzene rings is 4. The van der Waals surface area contributed by atoms with Crippen LogP contribution >= 0.6 is 23.2 Å². The summed E-state index contributed by atoms with van der Waals surface area (Å²) in [5, 5.41) is 1.10. The minimum atomic E-state index is 0.00589. The molecule has 2 nitrogen and oxygen atoms in total. The van der Waals surface area contributed by atoms with Gasteiger partial charge in [-0.05, 0) is 53.1 Å². The van der Waals surface area contributed by atoms with Crippen molar-refractivity contribution in [2.45, 2.75) is 5.92 Å². The maximum absolute atomic E-state index is 6.49. The van der Waals surface area contributed by atoms with Crippen LogP contribution in [0.3, 0.4) is 0 Å². The topological polar surface area (TPSA) is 29.3 Å². The van der Waals surface area contributed by atoms with Crippen LogP contribution in [0.15, 0.2) is 115 Å². The van der Waals surface area contributed by atoms with Crippen molar-refractivity contribution in [2.24, 2.45) is 0 Å². The Kier molecular flexibility index (Phi) is 5.95. The van der Waals surface area contributed by atoms with Gasteiger partial charge in [0.05, 0.1) is 32.8 Å². The van der Waals surface area contributed by atoms with Gasteiger partial charge in [-0.25, -0.2) is 0 Å². The van der Waals surface area contributed by atoms with E-state index in [9.17, 15) is 0 Å². The van der Waals surface area contributed by atoms with Crippen LogP contribution < -0.4 is 10.6 Å². The molecule has 0 radical (unpaired) electrons. The Morgan fingerprint density at radius 1 is 0.606 bits per heavy atom. The molecule has 0 unspecified atom stereocenters. The van der Waals surface area contributed by atoms with Crippen LogP contribution in [0.1, 0.15) is 22.6 Å². The molecule has 33 heavy (non-hydrogen) atoms. The molecule has 2 N–H and O–H groups in total. The number of halogens is 2. The van der Waals surface area contributed by atoms with Gasteiger partial charge in [-0.15, -0.1) is 0 Å². The van der Waals surface area contributed by atoms with E-state index in [1.807, 2.05) is 48.5 Å². The number of hydrogen-bond donors (Lipinski definition) is 1. The minimum Gasteiger partial charge on any atom is -0.397 e. The van der Waals surface area contributed by atoms with E-state index in [4.69, 9.17) is 28.9 Å². The van der Waals surface area contributed by atoms with Crippen LogP contribution in [0.5, 0.6) is 0 Å². The predicted octanol–water partition coefficient (Wildman–Crippen LogP) is 8.26. The number of rotatable bonds is 4. The molecule has 1 heterocycles. The first-order chi connectivity index (χ1) is 16.1. The second-order valence-corrected chi connectivity index (χ2v) is 8.74. The van der Waals surface area contributed by atoms with Crippen LogP contribution in [0, 0.1) is 0 Å². The molecule has 5 rings (SSSR count). The fourth-order valence-electron chi connectivity index (χ4n) is 4.20. The molecular weight excluding hydrogens is 447 g/mol. The largest absolute Gasteiger partial charge is 0.397 e. The summed E-state index contributed by atoms with van der Waals surface area (Å²) in [7, 11) is 0. The van der Waals surface area contributed by atoms with Gasteiger partial charge in [0.15, 0.2) is 0 Å². The van der Waals surface area contributed by atoms with E-state index < -0.39 is 0 Å². The summed E-state index contributed by atoms with van der Waals surface area (Å²) >= 11 is 12.6. The number of nitrogen functional groups attached to an aromatic ring is 1. The van der Waals surface area contributed by atoms with Crippen molar-refractivity contribution in [3.8, 4) is 0 Å². The maximum atomic E-state index is 6.49. The lowest BCUT2D eigenvalue weighted by molar-refractivity contribution is 1.05. The summed E-state index contributed by atoms with van der Waals surface area (Å²) in [6.45, 7) is 0. The van der Waals surface area contributed by atoms with E-state index in [2.05, 4.69) is 71.6 Å². The second kappa shape index (κ2) is 9.19. The second-order valence-electron chi connectivity index (χ2n) is 7.93. The third kappa shape index (κ3) is 4.28. The lowest BCUT2D eigenvalue weighted by Gasteiger charge is -2.36. The number of hydrogen-bond acceptors (Lipinski definition) is 2. The Balaban J connectivity index is 1.76. The lowest BCUT2D eigenvalue weighted by Crippen LogP contribution is -2.25. The van der Waals surface area contributed by atoms with Gasteiger partial charge in [-0.3, -0.25) is 0 Å². The third-order valence-corrected chi connectivity index (χ3v) is 6.54. The van der Waals surface area contributed by atoms with E-state index in [0.29, 0.717) is 15.7 Å². The van der Waals surface area contributed by atoms with Crippen LogP contribution in [0.2, 0.25) is 10.0 Å². The van der Waals surface area contributed by atoms with Crippen molar-refractivity contribution in [1.82, 2.24) is 0 Å². The molecule has 1 aliphatic heterocycles. The van der Waals surface area contributed by atoms with Crippen molar-refractivity contribution >= 4 is 46.0 Å². The van der Waals surface area contributed by atoms with Gasteiger partial charge in [-0.2, -0.15) is 0 Å². The van der Waals surface area contributed by atoms with Crippen molar-refractivity contribution in [2.75, 3.05) is 10.6 Å². The number of para-hydroxylation sites is 2. The highest BCUT2D eigenvalue weighted by Crippen LogP contribution is 2.44. The molecule has 0 fully saturated rings. The van der Waals surface area contributed by atoms with Crippen molar-refractivity contribution < 1.29 is 0 Å². The Bertz CT molecular complexity index is 1290. The van der Waals surface area contributed by atoms with Gasteiger partial charge in [0.25, 0.3) is 0 Å². The standard InChI is InChI=1S/C29H22Cl2N2/c30-24-16-15-22(17-25(24)31)23-18-28(20-9-3-1-4-10-20)33(27-14-8-7-13-26(27)32)29(19-23)21-11-5-2-6-12-21/h1-19,23H,32H2. The number of allylic oxidation sites excluding steroid dienone is 2. The normalized spacial score (nSPS) is 14.1. The van der Waals surface area contributed by atoms with Crippen molar-refractivity contribution in [3.05, 3.63) is 142 Å². The molecule has 0 saturated carbocycles. The molecule has 0 saturated heterocycles. The highest BCUT2D eigenvalue weighted by Gasteiger charge is 2.27. The third-order valence-electron chi connectivity index (χ3n) is 5.80. The summed E-state index contributed by atoms with van der Waals surface area (Å²) in [6.07, 6.45) is 4.52. The molecule has 162 valence electrons. The highest BCUT2D eigenvalue weighted by molar-refractivity contribution is 6.42. The van der Waals surface area contributed by atoms with E-state index in [1.54, 1.807) is 0 Å². The average molecular weight is 469 g/mol. The first-order valence-electron chi connectivity index (χ1n) is 10.8. The molecule has 4 heteroatoms. The van der Waals surface area contributed by atoms with Crippen molar-refractivity contribution in [1.29, 1.82) is 0 Å². The summed E-state index contributed by atoms with van der Waals surface area (Å²) in [5.74, 6) is 0.00589. The molecule has 0 atom stereocenters. The van der Waals surface area contributed by atoms with Gasteiger partial charge >= 0.3 is 0 Å². The predicted molar refractivity (Wildman–Crippen MR) is 141 cm³/mol. The van der Waals surface area contributed by atoms with Gasteiger partial charge in [0.2, 0.25) is 0 Å². The van der Waals surface area contributed by atoms with Crippen LogP contribution in [-0.4, -0.2) is 0 Å². The van der Waals surface area contributed by atoms with Gasteiger partial charge in [-0.1, -0.05) is 102 Å². The zero-order valence-electron chi connectivity index (χ0n) is 17.8. The summed E-state index contributed by atoms with van der Waals surface area (Å²) < 4.78 is 0. The fourth-order valence-corrected chi connectivity index (χ4v) is 4.50. The molecule has 4 aromatic rings. The first kappa shape index (κ1) is 21.4. The van der Waals surface area contributed by atoms with Crippen molar-refractivity contribution in [3.63, 3.8) is 0 Å². The first-order valence-corrected chi connectivity index (χ1v) is 11.5. The van der Waals surface area contributed by atoms with E-state index in [1.165, 1.54) is 0 Å². The summed E-state index contributed by atoms with van der Waals surface area (Å²) in [5.41, 5.74) is 13.5. The average Bonchev–Trinajstić information content (AvgIpc) is 2.86. The smallest absolute Gasteiger partial charge is 0.0691 e. The Morgan fingerprint density at radius 2 is 1.15 bits per heavy atom. The van der Waals surface area contributed by atoms with Crippen LogP contribution in [0.25, 0.3) is 11.4 Å².